The molecule has 8 heteroatoms. The summed E-state index contributed by atoms with van der Waals surface area (Å²) in [6, 6.07) is 7.25. The Morgan fingerprint density at radius 1 is 1.24 bits per heavy atom. The Morgan fingerprint density at radius 3 is 2.88 bits per heavy atom. The summed E-state index contributed by atoms with van der Waals surface area (Å²) in [6.45, 7) is 0. The van der Waals surface area contributed by atoms with E-state index in [1.54, 1.807) is 6.07 Å². The van der Waals surface area contributed by atoms with Gasteiger partial charge < -0.3 is 4.74 Å². The van der Waals surface area contributed by atoms with Gasteiger partial charge in [-0.15, -0.1) is 10.2 Å². The highest BCUT2D eigenvalue weighted by molar-refractivity contribution is 5.89. The van der Waals surface area contributed by atoms with E-state index in [2.05, 4.69) is 10.2 Å². The van der Waals surface area contributed by atoms with Crippen LogP contribution in [0.5, 0.6) is 0 Å². The summed E-state index contributed by atoms with van der Waals surface area (Å²) in [5.41, 5.74) is 1.89. The Hall–Kier alpha value is -2.90. The monoisotopic (exact) mass is 347 g/mol. The number of benzene rings is 1. The topological polar surface area (TPSA) is 56.5 Å². The van der Waals surface area contributed by atoms with Gasteiger partial charge in [-0.1, -0.05) is 6.07 Å². The molecule has 0 amide bonds. The van der Waals surface area contributed by atoms with E-state index in [-0.39, 0.29) is 11.2 Å². The van der Waals surface area contributed by atoms with Crippen molar-refractivity contribution in [2.75, 3.05) is 0 Å². The summed E-state index contributed by atoms with van der Waals surface area (Å²) in [5.74, 6) is -1.61. The lowest BCUT2D eigenvalue weighted by atomic mass is 10.1. The summed E-state index contributed by atoms with van der Waals surface area (Å²) in [6.07, 6.45) is -0.897. The Morgan fingerprint density at radius 2 is 2.08 bits per heavy atom. The molecule has 0 fully saturated rings. The largest absolute Gasteiger partial charge is 0.454 e. The van der Waals surface area contributed by atoms with Gasteiger partial charge in [0.15, 0.2) is 5.65 Å². The van der Waals surface area contributed by atoms with Crippen molar-refractivity contribution in [3.8, 4) is 0 Å². The maximum absolute atomic E-state index is 13.4. The number of esters is 1. The van der Waals surface area contributed by atoms with Crippen LogP contribution in [-0.2, 0) is 11.2 Å². The van der Waals surface area contributed by atoms with Crippen LogP contribution in [0.25, 0.3) is 5.65 Å². The summed E-state index contributed by atoms with van der Waals surface area (Å²) >= 11 is 0. The maximum Gasteiger partial charge on any atom is 0.340 e. The zero-order valence-electron chi connectivity index (χ0n) is 12.8. The molecule has 1 aliphatic carbocycles. The zero-order chi connectivity index (χ0) is 17.6. The smallest absolute Gasteiger partial charge is 0.340 e. The van der Waals surface area contributed by atoms with E-state index < -0.39 is 30.1 Å². The fraction of sp³-hybridized carbons (Fsp3) is 0.235. The summed E-state index contributed by atoms with van der Waals surface area (Å²) < 4.78 is 45.8. The number of rotatable bonds is 3. The lowest BCUT2D eigenvalue weighted by Crippen LogP contribution is -2.11. The van der Waals surface area contributed by atoms with E-state index in [0.29, 0.717) is 18.4 Å². The molecule has 0 N–H and O–H groups in total. The molecule has 0 spiro atoms. The first-order valence-electron chi connectivity index (χ1n) is 7.65. The summed E-state index contributed by atoms with van der Waals surface area (Å²) in [5, 5.41) is 7.03. The van der Waals surface area contributed by atoms with Crippen molar-refractivity contribution in [3.63, 3.8) is 0 Å². The molecular formula is C17H12F3N3O2. The van der Waals surface area contributed by atoms with E-state index in [1.807, 2.05) is 0 Å². The van der Waals surface area contributed by atoms with Crippen LogP contribution in [0.4, 0.5) is 13.2 Å². The van der Waals surface area contributed by atoms with Crippen LogP contribution in [0, 0.1) is 5.82 Å². The SMILES string of the molecule is O=C(O[C@@H]1CCc2ccc(F)cc21)c1ccc2nnc(C(F)F)n2c1. The van der Waals surface area contributed by atoms with Crippen LogP contribution in [-0.4, -0.2) is 20.6 Å². The molecule has 0 bridgehead atoms. The van der Waals surface area contributed by atoms with E-state index >= 15 is 0 Å². The average Bonchev–Trinajstić information content (AvgIpc) is 3.18. The van der Waals surface area contributed by atoms with Crippen LogP contribution >= 0.6 is 0 Å². The minimum Gasteiger partial charge on any atom is -0.454 e. The molecule has 2 heterocycles. The second-order valence-corrected chi connectivity index (χ2v) is 5.78. The van der Waals surface area contributed by atoms with E-state index in [1.165, 1.54) is 30.5 Å². The van der Waals surface area contributed by atoms with Gasteiger partial charge in [-0.3, -0.25) is 4.40 Å². The molecular weight excluding hydrogens is 335 g/mol. The number of carbonyl (C=O) groups is 1. The molecule has 2 aromatic heterocycles. The first-order chi connectivity index (χ1) is 12.0. The second-order valence-electron chi connectivity index (χ2n) is 5.78. The lowest BCUT2D eigenvalue weighted by molar-refractivity contribution is 0.0300. The number of aromatic nitrogens is 3. The third-order valence-corrected chi connectivity index (χ3v) is 4.24. The van der Waals surface area contributed by atoms with Gasteiger partial charge in [0.1, 0.15) is 11.9 Å². The van der Waals surface area contributed by atoms with Crippen LogP contribution in [0.1, 0.15) is 46.3 Å². The number of hydrogen-bond acceptors (Lipinski definition) is 4. The fourth-order valence-electron chi connectivity index (χ4n) is 3.03. The number of nitrogens with zero attached hydrogens (tertiary/aromatic N) is 3. The number of alkyl halides is 2. The predicted molar refractivity (Wildman–Crippen MR) is 80.8 cm³/mol. The number of pyridine rings is 1. The standard InChI is InChI=1S/C17H12F3N3O2/c18-11-4-1-9-2-5-13(12(9)7-11)25-17(24)10-3-6-14-21-22-16(15(19)20)23(14)8-10/h1,3-4,6-8,13,15H,2,5H2/t13-/m1/s1. The zero-order valence-corrected chi connectivity index (χ0v) is 12.8. The van der Waals surface area contributed by atoms with Gasteiger partial charge in [-0.05, 0) is 48.2 Å². The average molecular weight is 347 g/mol. The molecule has 128 valence electrons. The number of ether oxygens (including phenoxy) is 1. The Balaban J connectivity index is 1.61. The molecule has 0 radical (unpaired) electrons. The molecule has 1 aromatic carbocycles. The molecule has 1 atom stereocenters. The normalized spacial score (nSPS) is 16.4. The summed E-state index contributed by atoms with van der Waals surface area (Å²) in [7, 11) is 0. The number of fused-ring (bicyclic) bond motifs is 2. The van der Waals surface area contributed by atoms with Crippen molar-refractivity contribution < 1.29 is 22.7 Å². The molecule has 3 aromatic rings. The quantitative estimate of drug-likeness (QED) is 0.679. The van der Waals surface area contributed by atoms with Crippen LogP contribution in [0.2, 0.25) is 0 Å². The number of aryl methyl sites for hydroxylation is 1. The predicted octanol–water partition coefficient (Wildman–Crippen LogP) is 3.65. The highest BCUT2D eigenvalue weighted by Crippen LogP contribution is 2.35. The highest BCUT2D eigenvalue weighted by atomic mass is 19.3. The molecule has 4 rings (SSSR count). The maximum atomic E-state index is 13.4. The highest BCUT2D eigenvalue weighted by Gasteiger charge is 2.27. The lowest BCUT2D eigenvalue weighted by Gasteiger charge is -2.13. The van der Waals surface area contributed by atoms with Gasteiger partial charge in [0, 0.05) is 6.20 Å². The van der Waals surface area contributed by atoms with Gasteiger partial charge >= 0.3 is 5.97 Å². The molecule has 0 saturated carbocycles. The van der Waals surface area contributed by atoms with E-state index in [4.69, 9.17) is 4.74 Å². The third-order valence-electron chi connectivity index (χ3n) is 4.24. The molecule has 0 aliphatic heterocycles. The van der Waals surface area contributed by atoms with Crippen molar-refractivity contribution >= 4 is 11.6 Å². The minimum atomic E-state index is -2.81. The third kappa shape index (κ3) is 2.73. The van der Waals surface area contributed by atoms with Crippen molar-refractivity contribution in [2.45, 2.75) is 25.4 Å². The minimum absolute atomic E-state index is 0.0963. The Kier molecular flexibility index (Phi) is 3.67. The van der Waals surface area contributed by atoms with Crippen molar-refractivity contribution in [1.29, 1.82) is 0 Å². The molecule has 1 aliphatic rings. The molecule has 5 nitrogen and oxygen atoms in total. The van der Waals surface area contributed by atoms with Crippen LogP contribution in [0.15, 0.2) is 36.5 Å². The van der Waals surface area contributed by atoms with Gasteiger partial charge in [0.2, 0.25) is 5.82 Å². The van der Waals surface area contributed by atoms with Gasteiger partial charge in [-0.25, -0.2) is 18.0 Å². The van der Waals surface area contributed by atoms with Crippen LogP contribution < -0.4 is 0 Å². The van der Waals surface area contributed by atoms with Gasteiger partial charge in [-0.2, -0.15) is 0 Å². The number of carbonyl (C=O) groups excluding carboxylic acids is 1. The van der Waals surface area contributed by atoms with Crippen LogP contribution in [0.3, 0.4) is 0 Å². The Labute approximate surface area is 140 Å². The number of halogens is 3. The molecule has 0 unspecified atom stereocenters. The molecule has 25 heavy (non-hydrogen) atoms. The molecule has 0 saturated heterocycles. The number of hydrogen-bond donors (Lipinski definition) is 0. The van der Waals surface area contributed by atoms with Crippen molar-refractivity contribution in [2.24, 2.45) is 0 Å². The van der Waals surface area contributed by atoms with Crippen molar-refractivity contribution in [3.05, 3.63) is 64.9 Å². The van der Waals surface area contributed by atoms with E-state index in [0.717, 1.165) is 9.96 Å². The Bertz CT molecular complexity index is 971. The first kappa shape index (κ1) is 15.6. The summed E-state index contributed by atoms with van der Waals surface area (Å²) in [4.78, 5) is 12.4. The van der Waals surface area contributed by atoms with Gasteiger partial charge in [0.05, 0.1) is 5.56 Å². The first-order valence-corrected chi connectivity index (χ1v) is 7.65. The van der Waals surface area contributed by atoms with E-state index in [9.17, 15) is 18.0 Å². The van der Waals surface area contributed by atoms with Crippen molar-refractivity contribution in [1.82, 2.24) is 14.6 Å². The van der Waals surface area contributed by atoms with Gasteiger partial charge in [0.25, 0.3) is 6.43 Å². The second kappa shape index (κ2) is 5.87. The fourth-order valence-corrected chi connectivity index (χ4v) is 3.03.